The normalized spacial score (nSPS) is 13.7. The minimum absolute atomic E-state index is 0.192. The zero-order valence-corrected chi connectivity index (χ0v) is 12.6. The van der Waals surface area contributed by atoms with Gasteiger partial charge in [-0.1, -0.05) is 60.7 Å². The van der Waals surface area contributed by atoms with E-state index in [0.717, 1.165) is 11.1 Å². The first kappa shape index (κ1) is 15.2. The van der Waals surface area contributed by atoms with Crippen LogP contribution in [0, 0.1) is 0 Å². The molecule has 2 aromatic carbocycles. The molecule has 4 N–H and O–H groups in total. The van der Waals surface area contributed by atoms with Crippen LogP contribution in [0.3, 0.4) is 0 Å². The molecule has 0 aliphatic heterocycles. The number of benzene rings is 2. The lowest BCUT2D eigenvalue weighted by atomic mass is 10.0. The summed E-state index contributed by atoms with van der Waals surface area (Å²) in [6.07, 6.45) is 0.506. The van der Waals surface area contributed by atoms with Crippen LogP contribution in [0.2, 0.25) is 1.41 Å². The van der Waals surface area contributed by atoms with E-state index in [1.807, 2.05) is 60.7 Å². The summed E-state index contributed by atoms with van der Waals surface area (Å²) >= 11 is 0. The maximum atomic E-state index is 12.3. The van der Waals surface area contributed by atoms with E-state index in [9.17, 15) is 14.7 Å². The number of rotatable bonds is 8. The first-order valence-corrected chi connectivity index (χ1v) is 7.38. The van der Waals surface area contributed by atoms with E-state index < -0.39 is 24.0 Å². The number of aliphatic carboxylic acids is 1. The molecule has 0 saturated heterocycles. The molecule has 0 fully saturated rings. The highest BCUT2D eigenvalue weighted by Crippen LogP contribution is 2.05. The lowest BCUT2D eigenvalue weighted by molar-refractivity contribution is -0.141. The SMILES string of the molecule is [2H]N[C@@H](Cc1ccccc1)C(=O)N[C@@H](Cc1ccccc1)C(=O)O. The lowest BCUT2D eigenvalue weighted by Gasteiger charge is -2.18. The molecule has 5 nitrogen and oxygen atoms in total. The molecule has 0 saturated carbocycles. The van der Waals surface area contributed by atoms with Crippen LogP contribution < -0.4 is 11.0 Å². The zero-order valence-electron chi connectivity index (χ0n) is 13.6. The third-order valence-electron chi connectivity index (χ3n) is 3.50. The number of hydrogen-bond donors (Lipinski definition) is 3. The molecular formula is C18H20N2O3. The highest BCUT2D eigenvalue weighted by atomic mass is 16.4. The second-order valence-corrected chi connectivity index (χ2v) is 5.33. The average molecular weight is 313 g/mol. The van der Waals surface area contributed by atoms with Crippen LogP contribution in [0.25, 0.3) is 0 Å². The van der Waals surface area contributed by atoms with Gasteiger partial charge in [0, 0.05) is 6.42 Å². The van der Waals surface area contributed by atoms with Gasteiger partial charge in [-0.3, -0.25) is 4.79 Å². The molecular weight excluding hydrogens is 292 g/mol. The summed E-state index contributed by atoms with van der Waals surface area (Å²) < 4.78 is 7.35. The number of hydrogen-bond acceptors (Lipinski definition) is 3. The molecule has 0 aliphatic carbocycles. The predicted molar refractivity (Wildman–Crippen MR) is 87.8 cm³/mol. The molecule has 120 valence electrons. The van der Waals surface area contributed by atoms with Crippen molar-refractivity contribution in [1.29, 1.82) is 0 Å². The second-order valence-electron chi connectivity index (χ2n) is 5.33. The zero-order chi connectivity index (χ0) is 17.4. The minimum atomic E-state index is -1.10. The third kappa shape index (κ3) is 5.23. The van der Waals surface area contributed by atoms with Crippen LogP contribution in [0.1, 0.15) is 11.1 Å². The molecule has 0 spiro atoms. The fourth-order valence-corrected chi connectivity index (χ4v) is 2.26. The molecule has 0 aliphatic rings. The van der Waals surface area contributed by atoms with Crippen molar-refractivity contribution in [3.63, 3.8) is 0 Å². The summed E-state index contributed by atoms with van der Waals surface area (Å²) in [5.41, 5.74) is 3.92. The Hall–Kier alpha value is -2.66. The molecule has 0 radical (unpaired) electrons. The van der Waals surface area contributed by atoms with E-state index in [2.05, 4.69) is 11.0 Å². The molecule has 0 unspecified atom stereocenters. The number of carboxylic acids is 1. The Morgan fingerprint density at radius 2 is 1.52 bits per heavy atom. The highest BCUT2D eigenvalue weighted by molar-refractivity contribution is 5.87. The molecule has 2 rings (SSSR count). The van der Waals surface area contributed by atoms with Crippen LogP contribution in [0.4, 0.5) is 0 Å². The molecule has 2 atom stereocenters. The van der Waals surface area contributed by atoms with Gasteiger partial charge in [-0.15, -0.1) is 0 Å². The van der Waals surface area contributed by atoms with Gasteiger partial charge in [-0.05, 0) is 17.5 Å². The summed E-state index contributed by atoms with van der Waals surface area (Å²) in [6.45, 7) is 0. The van der Waals surface area contributed by atoms with E-state index >= 15 is 0 Å². The molecule has 0 heterocycles. The van der Waals surface area contributed by atoms with Crippen molar-refractivity contribution >= 4 is 11.9 Å². The summed E-state index contributed by atoms with van der Waals surface area (Å²) in [5, 5.41) is 11.9. The second kappa shape index (κ2) is 8.10. The van der Waals surface area contributed by atoms with Gasteiger partial charge in [0.2, 0.25) is 5.91 Å². The number of carbonyl (C=O) groups excluding carboxylic acids is 1. The van der Waals surface area contributed by atoms with E-state index in [0.29, 0.717) is 6.42 Å². The van der Waals surface area contributed by atoms with Gasteiger partial charge < -0.3 is 16.2 Å². The highest BCUT2D eigenvalue weighted by Gasteiger charge is 2.23. The van der Waals surface area contributed by atoms with Crippen LogP contribution in [0.5, 0.6) is 0 Å². The summed E-state index contributed by atoms with van der Waals surface area (Å²) in [5.74, 6) is -1.60. The van der Waals surface area contributed by atoms with Crippen LogP contribution >= 0.6 is 0 Å². The quantitative estimate of drug-likeness (QED) is 0.686. The topological polar surface area (TPSA) is 92.4 Å². The van der Waals surface area contributed by atoms with Crippen molar-refractivity contribution in [1.82, 2.24) is 5.32 Å². The standard InChI is InChI=1S/C18H20N2O3/c19-15(11-13-7-3-1-4-8-13)17(21)20-16(18(22)23)12-14-9-5-2-6-10-14/h1-10,15-16H,11-12,19H2,(H,20,21)(H,22,23)/t15-,16-/m0/s1/i/hD. The fraction of sp³-hybridized carbons (Fsp3) is 0.222. The van der Waals surface area contributed by atoms with Crippen molar-refractivity contribution in [3.8, 4) is 0 Å². The number of carbonyl (C=O) groups is 2. The number of nitrogens with one attached hydrogen (secondary N) is 1. The van der Waals surface area contributed by atoms with Gasteiger partial charge in [0.1, 0.15) is 7.45 Å². The molecule has 1 amide bonds. The van der Waals surface area contributed by atoms with Crippen molar-refractivity contribution in [2.24, 2.45) is 5.73 Å². The first-order chi connectivity index (χ1) is 11.6. The largest absolute Gasteiger partial charge is 0.480 e. The van der Waals surface area contributed by atoms with Crippen LogP contribution in [-0.4, -0.2) is 29.1 Å². The maximum Gasteiger partial charge on any atom is 0.326 e. The average Bonchev–Trinajstić information content (AvgIpc) is 2.60. The van der Waals surface area contributed by atoms with Gasteiger partial charge in [0.05, 0.1) is 6.04 Å². The van der Waals surface area contributed by atoms with Crippen molar-refractivity contribution in [2.45, 2.75) is 24.9 Å². The van der Waals surface area contributed by atoms with Gasteiger partial charge in [-0.25, -0.2) is 4.79 Å². The maximum absolute atomic E-state index is 12.3. The van der Waals surface area contributed by atoms with Gasteiger partial charge in [-0.2, -0.15) is 0 Å². The van der Waals surface area contributed by atoms with Crippen molar-refractivity contribution in [3.05, 3.63) is 71.8 Å². The number of carboxylic acid groups (broad SMARTS) is 1. The first-order valence-electron chi connectivity index (χ1n) is 7.88. The van der Waals surface area contributed by atoms with E-state index in [4.69, 9.17) is 1.41 Å². The van der Waals surface area contributed by atoms with E-state index in [1.165, 1.54) is 0 Å². The number of nitrogens with two attached hydrogens (primary N) is 1. The van der Waals surface area contributed by atoms with Crippen molar-refractivity contribution in [2.75, 3.05) is 0 Å². The Bertz CT molecular complexity index is 664. The Balaban J connectivity index is 2.01. The minimum Gasteiger partial charge on any atom is -0.480 e. The van der Waals surface area contributed by atoms with Crippen LogP contribution in [0.15, 0.2) is 60.7 Å². The Morgan fingerprint density at radius 3 is 2.00 bits per heavy atom. The predicted octanol–water partition coefficient (Wildman–Crippen LogP) is 1.37. The van der Waals surface area contributed by atoms with Gasteiger partial charge in [0.15, 0.2) is 0 Å². The Morgan fingerprint density at radius 1 is 1.00 bits per heavy atom. The van der Waals surface area contributed by atoms with Gasteiger partial charge in [0.25, 0.3) is 0 Å². The molecule has 23 heavy (non-hydrogen) atoms. The smallest absolute Gasteiger partial charge is 0.326 e. The fourth-order valence-electron chi connectivity index (χ4n) is 2.26. The molecule has 5 heteroatoms. The summed E-state index contributed by atoms with van der Waals surface area (Å²) in [7, 11) is 0. The Kier molecular flexibility index (Phi) is 5.37. The Labute approximate surface area is 136 Å². The summed E-state index contributed by atoms with van der Waals surface area (Å²) in [6, 6.07) is 16.5. The van der Waals surface area contributed by atoms with Crippen LogP contribution in [-0.2, 0) is 22.4 Å². The van der Waals surface area contributed by atoms with E-state index in [1.54, 1.807) is 0 Å². The van der Waals surface area contributed by atoms with Gasteiger partial charge >= 0.3 is 5.97 Å². The van der Waals surface area contributed by atoms with E-state index in [-0.39, 0.29) is 6.42 Å². The molecule has 0 bridgehead atoms. The monoisotopic (exact) mass is 313 g/mol. The number of amides is 1. The molecule has 2 aromatic rings. The van der Waals surface area contributed by atoms with Crippen molar-refractivity contribution < 1.29 is 16.1 Å². The lowest BCUT2D eigenvalue weighted by Crippen LogP contribution is -2.50. The summed E-state index contributed by atoms with van der Waals surface area (Å²) in [4.78, 5) is 23.8. The molecule has 0 aromatic heterocycles. The third-order valence-corrected chi connectivity index (χ3v) is 3.50.